The van der Waals surface area contributed by atoms with Crippen molar-refractivity contribution in [2.24, 2.45) is 0 Å². The molecule has 0 amide bonds. The third-order valence-electron chi connectivity index (χ3n) is 2.56. The zero-order valence-corrected chi connectivity index (χ0v) is 8.73. The summed E-state index contributed by atoms with van der Waals surface area (Å²) in [5, 5.41) is 12.4. The minimum atomic E-state index is -0.256. The molecule has 0 spiro atoms. The first kappa shape index (κ1) is 10.0. The summed E-state index contributed by atoms with van der Waals surface area (Å²) in [6, 6.07) is 10.2. The topological polar surface area (TPSA) is 45.0 Å². The van der Waals surface area contributed by atoms with E-state index < -0.39 is 0 Å². The zero-order chi connectivity index (χ0) is 10.7. The second-order valence-corrected chi connectivity index (χ2v) is 3.75. The van der Waals surface area contributed by atoms with Crippen LogP contribution in [0.25, 0.3) is 0 Å². The predicted molar refractivity (Wildman–Crippen MR) is 57.5 cm³/mol. The Kier molecular flexibility index (Phi) is 2.89. The molecule has 1 N–H and O–H groups in total. The molecule has 0 aromatic heterocycles. The maximum absolute atomic E-state index is 9.11. The number of nitrogens with zero attached hydrogens (tertiary/aromatic N) is 1. The highest BCUT2D eigenvalue weighted by Gasteiger charge is 2.26. The van der Waals surface area contributed by atoms with Gasteiger partial charge in [-0.15, -0.1) is 0 Å². The van der Waals surface area contributed by atoms with Crippen molar-refractivity contribution in [2.45, 2.75) is 24.9 Å². The van der Waals surface area contributed by atoms with E-state index in [4.69, 9.17) is 10.00 Å². The monoisotopic (exact) mass is 202 g/mol. The van der Waals surface area contributed by atoms with E-state index in [0.29, 0.717) is 6.04 Å². The fourth-order valence-electron chi connectivity index (χ4n) is 1.59. The Balaban J connectivity index is 2.20. The van der Waals surface area contributed by atoms with Gasteiger partial charge < -0.3 is 4.74 Å². The summed E-state index contributed by atoms with van der Waals surface area (Å²) in [6.45, 7) is 0. The van der Waals surface area contributed by atoms with E-state index >= 15 is 0 Å². The lowest BCUT2D eigenvalue weighted by molar-refractivity contribution is 0.405. The van der Waals surface area contributed by atoms with Gasteiger partial charge in [0, 0.05) is 11.6 Å². The molecule has 1 aromatic rings. The van der Waals surface area contributed by atoms with Crippen LogP contribution in [0.3, 0.4) is 0 Å². The van der Waals surface area contributed by atoms with Crippen LogP contribution < -0.4 is 10.1 Å². The maximum atomic E-state index is 9.11. The molecular formula is C12H14N2O. The van der Waals surface area contributed by atoms with Gasteiger partial charge in [0.2, 0.25) is 0 Å². The van der Waals surface area contributed by atoms with Crippen molar-refractivity contribution in [3.63, 3.8) is 0 Å². The molecular weight excluding hydrogens is 188 g/mol. The van der Waals surface area contributed by atoms with Crippen LogP contribution in [0.5, 0.6) is 5.75 Å². The first-order chi connectivity index (χ1) is 7.35. The summed E-state index contributed by atoms with van der Waals surface area (Å²) in [6.07, 6.45) is 2.35. The third-order valence-corrected chi connectivity index (χ3v) is 2.56. The third kappa shape index (κ3) is 2.28. The van der Waals surface area contributed by atoms with Crippen LogP contribution in [0.2, 0.25) is 0 Å². The van der Waals surface area contributed by atoms with E-state index in [-0.39, 0.29) is 6.04 Å². The van der Waals surface area contributed by atoms with Crippen LogP contribution >= 0.6 is 0 Å². The minimum Gasteiger partial charge on any atom is -0.496 e. The van der Waals surface area contributed by atoms with E-state index in [1.807, 2.05) is 24.3 Å². The number of benzene rings is 1. The molecule has 1 aliphatic rings. The van der Waals surface area contributed by atoms with Crippen LogP contribution in [0.4, 0.5) is 0 Å². The van der Waals surface area contributed by atoms with Crippen molar-refractivity contribution in [3.05, 3.63) is 29.8 Å². The van der Waals surface area contributed by atoms with Crippen LogP contribution in [-0.2, 0) is 0 Å². The van der Waals surface area contributed by atoms with Crippen molar-refractivity contribution >= 4 is 0 Å². The van der Waals surface area contributed by atoms with Gasteiger partial charge in [0.25, 0.3) is 0 Å². The molecule has 0 bridgehead atoms. The van der Waals surface area contributed by atoms with Gasteiger partial charge in [0.15, 0.2) is 0 Å². The van der Waals surface area contributed by atoms with Crippen LogP contribution in [0.1, 0.15) is 24.4 Å². The molecule has 2 rings (SSSR count). The van der Waals surface area contributed by atoms with E-state index in [1.165, 1.54) is 12.8 Å². The predicted octanol–water partition coefficient (Wildman–Crippen LogP) is 2.01. The highest BCUT2D eigenvalue weighted by Crippen LogP contribution is 2.28. The Hall–Kier alpha value is -1.53. The molecule has 1 saturated carbocycles. The normalized spacial score (nSPS) is 16.8. The van der Waals surface area contributed by atoms with Crippen molar-refractivity contribution in [2.75, 3.05) is 7.11 Å². The summed E-state index contributed by atoms with van der Waals surface area (Å²) in [5.41, 5.74) is 0.925. The van der Waals surface area contributed by atoms with Crippen LogP contribution in [0.15, 0.2) is 24.3 Å². The molecule has 3 nitrogen and oxygen atoms in total. The molecule has 0 saturated heterocycles. The number of hydrogen-bond acceptors (Lipinski definition) is 3. The lowest BCUT2D eigenvalue weighted by Gasteiger charge is -2.14. The number of hydrogen-bond donors (Lipinski definition) is 1. The van der Waals surface area contributed by atoms with Gasteiger partial charge in [0.1, 0.15) is 11.8 Å². The Morgan fingerprint density at radius 1 is 1.47 bits per heavy atom. The summed E-state index contributed by atoms with van der Waals surface area (Å²) >= 11 is 0. The second-order valence-electron chi connectivity index (χ2n) is 3.75. The summed E-state index contributed by atoms with van der Waals surface area (Å²) in [5.74, 6) is 0.775. The lowest BCUT2D eigenvalue weighted by Crippen LogP contribution is -2.22. The number of methoxy groups -OCH3 is 1. The first-order valence-electron chi connectivity index (χ1n) is 5.13. The van der Waals surface area contributed by atoms with E-state index in [2.05, 4.69) is 11.4 Å². The molecule has 1 aliphatic carbocycles. The molecule has 0 heterocycles. The highest BCUT2D eigenvalue weighted by atomic mass is 16.5. The van der Waals surface area contributed by atoms with Crippen LogP contribution in [-0.4, -0.2) is 13.2 Å². The van der Waals surface area contributed by atoms with Gasteiger partial charge >= 0.3 is 0 Å². The Morgan fingerprint density at radius 3 is 2.80 bits per heavy atom. The van der Waals surface area contributed by atoms with Crippen LogP contribution in [0, 0.1) is 11.3 Å². The minimum absolute atomic E-state index is 0.256. The SMILES string of the molecule is COc1ccccc1C(C#N)NC1CC1. The average Bonchev–Trinajstić information content (AvgIpc) is 3.10. The molecule has 1 aromatic carbocycles. The van der Waals surface area contributed by atoms with Crippen molar-refractivity contribution in [1.29, 1.82) is 5.26 Å². The molecule has 78 valence electrons. The van der Waals surface area contributed by atoms with Crippen molar-refractivity contribution in [1.82, 2.24) is 5.32 Å². The summed E-state index contributed by atoms with van der Waals surface area (Å²) in [7, 11) is 1.63. The zero-order valence-electron chi connectivity index (χ0n) is 8.73. The van der Waals surface area contributed by atoms with E-state index in [0.717, 1.165) is 11.3 Å². The van der Waals surface area contributed by atoms with Gasteiger partial charge in [-0.05, 0) is 18.9 Å². The fraction of sp³-hybridized carbons (Fsp3) is 0.417. The fourth-order valence-corrected chi connectivity index (χ4v) is 1.59. The molecule has 15 heavy (non-hydrogen) atoms. The second kappa shape index (κ2) is 4.33. The quantitative estimate of drug-likeness (QED) is 0.812. The number of ether oxygens (including phenoxy) is 1. The molecule has 1 fully saturated rings. The number of nitriles is 1. The Labute approximate surface area is 89.7 Å². The standard InChI is InChI=1S/C12H14N2O/c1-15-12-5-3-2-4-10(12)11(8-13)14-9-6-7-9/h2-5,9,11,14H,6-7H2,1H3. The summed E-state index contributed by atoms with van der Waals surface area (Å²) in [4.78, 5) is 0. The maximum Gasteiger partial charge on any atom is 0.125 e. The van der Waals surface area contributed by atoms with Gasteiger partial charge in [-0.25, -0.2) is 0 Å². The lowest BCUT2D eigenvalue weighted by atomic mass is 10.1. The van der Waals surface area contributed by atoms with E-state index in [1.54, 1.807) is 7.11 Å². The smallest absolute Gasteiger partial charge is 0.125 e. The molecule has 0 radical (unpaired) electrons. The largest absolute Gasteiger partial charge is 0.496 e. The Bertz CT molecular complexity index is 379. The number of rotatable bonds is 4. The Morgan fingerprint density at radius 2 is 2.20 bits per heavy atom. The first-order valence-corrected chi connectivity index (χ1v) is 5.13. The van der Waals surface area contributed by atoms with Crippen molar-refractivity contribution in [3.8, 4) is 11.8 Å². The number of nitrogens with one attached hydrogen (secondary N) is 1. The summed E-state index contributed by atoms with van der Waals surface area (Å²) < 4.78 is 5.24. The van der Waals surface area contributed by atoms with Gasteiger partial charge in [-0.3, -0.25) is 5.32 Å². The molecule has 3 heteroatoms. The van der Waals surface area contributed by atoms with E-state index in [9.17, 15) is 0 Å². The molecule has 0 aliphatic heterocycles. The number of para-hydroxylation sites is 1. The molecule has 1 atom stereocenters. The van der Waals surface area contributed by atoms with Crippen molar-refractivity contribution < 1.29 is 4.74 Å². The highest BCUT2D eigenvalue weighted by molar-refractivity contribution is 5.38. The molecule has 1 unspecified atom stereocenters. The average molecular weight is 202 g/mol. The van der Waals surface area contributed by atoms with Gasteiger partial charge in [-0.2, -0.15) is 5.26 Å². The van der Waals surface area contributed by atoms with Gasteiger partial charge in [-0.1, -0.05) is 18.2 Å². The van der Waals surface area contributed by atoms with Gasteiger partial charge in [0.05, 0.1) is 13.2 Å².